The molecular formula is C16H20F4N2O. The minimum atomic E-state index is -4.22. The zero-order chi connectivity index (χ0) is 17.0. The van der Waals surface area contributed by atoms with E-state index in [9.17, 15) is 22.4 Å². The van der Waals surface area contributed by atoms with Crippen molar-refractivity contribution >= 4 is 6.03 Å². The standard InChI is InChI=1S/C16H20F4N2O/c1-10(11-4-2-6-13(17)8-11)21-15(23)22-14-7-3-5-12(9-14)16(18,19)20/h2,4,6,8,10,12,14H,3,5,7,9H2,1H3,(H2,21,22,23)/t10-,12-,14+/m0/s1. The first kappa shape index (κ1) is 17.6. The maximum atomic E-state index is 13.2. The molecule has 7 heteroatoms. The Bertz CT molecular complexity index is 547. The van der Waals surface area contributed by atoms with Crippen LogP contribution in [0.25, 0.3) is 0 Å². The minimum Gasteiger partial charge on any atom is -0.335 e. The summed E-state index contributed by atoms with van der Waals surface area (Å²) in [5, 5.41) is 5.22. The molecule has 3 nitrogen and oxygen atoms in total. The molecule has 128 valence electrons. The number of carbonyl (C=O) groups is 1. The molecule has 0 spiro atoms. The van der Waals surface area contributed by atoms with Gasteiger partial charge in [0, 0.05) is 6.04 Å². The van der Waals surface area contributed by atoms with Crippen LogP contribution in [-0.2, 0) is 0 Å². The summed E-state index contributed by atoms with van der Waals surface area (Å²) >= 11 is 0. The van der Waals surface area contributed by atoms with Crippen LogP contribution in [0.1, 0.15) is 44.2 Å². The molecule has 1 fully saturated rings. The highest BCUT2D eigenvalue weighted by atomic mass is 19.4. The maximum Gasteiger partial charge on any atom is 0.391 e. The van der Waals surface area contributed by atoms with Gasteiger partial charge in [-0.3, -0.25) is 0 Å². The predicted molar refractivity (Wildman–Crippen MR) is 78.3 cm³/mol. The lowest BCUT2D eigenvalue weighted by Gasteiger charge is -2.31. The summed E-state index contributed by atoms with van der Waals surface area (Å²) in [6.45, 7) is 1.69. The zero-order valence-corrected chi connectivity index (χ0v) is 12.8. The molecule has 1 aromatic carbocycles. The molecule has 1 saturated carbocycles. The molecule has 1 aromatic rings. The third-order valence-corrected chi connectivity index (χ3v) is 4.17. The summed E-state index contributed by atoms with van der Waals surface area (Å²) in [5.74, 6) is -1.76. The molecule has 23 heavy (non-hydrogen) atoms. The summed E-state index contributed by atoms with van der Waals surface area (Å²) in [6.07, 6.45) is -3.22. The Hall–Kier alpha value is -1.79. The number of amides is 2. The van der Waals surface area contributed by atoms with Crippen molar-refractivity contribution in [1.29, 1.82) is 0 Å². The van der Waals surface area contributed by atoms with E-state index < -0.39 is 36.0 Å². The summed E-state index contributed by atoms with van der Waals surface area (Å²) < 4.78 is 51.4. The van der Waals surface area contributed by atoms with Gasteiger partial charge in [-0.2, -0.15) is 13.2 Å². The summed E-state index contributed by atoms with van der Waals surface area (Å²) in [7, 11) is 0. The van der Waals surface area contributed by atoms with E-state index in [1.165, 1.54) is 18.2 Å². The van der Waals surface area contributed by atoms with Crippen LogP contribution < -0.4 is 10.6 Å². The topological polar surface area (TPSA) is 41.1 Å². The Morgan fingerprint density at radius 1 is 1.30 bits per heavy atom. The van der Waals surface area contributed by atoms with Crippen LogP contribution in [0.4, 0.5) is 22.4 Å². The quantitative estimate of drug-likeness (QED) is 0.796. The first-order valence-corrected chi connectivity index (χ1v) is 7.65. The van der Waals surface area contributed by atoms with Crippen molar-refractivity contribution in [3.05, 3.63) is 35.6 Å². The van der Waals surface area contributed by atoms with Gasteiger partial charge < -0.3 is 10.6 Å². The molecule has 0 aromatic heterocycles. The summed E-state index contributed by atoms with van der Waals surface area (Å²) in [4.78, 5) is 11.9. The number of halogens is 4. The second kappa shape index (κ2) is 7.19. The molecule has 1 aliphatic carbocycles. The van der Waals surface area contributed by atoms with Crippen molar-refractivity contribution in [2.75, 3.05) is 0 Å². The molecule has 0 unspecified atom stereocenters. The second-order valence-corrected chi connectivity index (χ2v) is 6.00. The van der Waals surface area contributed by atoms with Crippen LogP contribution in [0, 0.1) is 11.7 Å². The fraction of sp³-hybridized carbons (Fsp3) is 0.562. The Labute approximate surface area is 132 Å². The third-order valence-electron chi connectivity index (χ3n) is 4.17. The van der Waals surface area contributed by atoms with E-state index in [1.807, 2.05) is 0 Å². The highest BCUT2D eigenvalue weighted by Gasteiger charge is 2.42. The van der Waals surface area contributed by atoms with Crippen LogP contribution in [0.5, 0.6) is 0 Å². The van der Waals surface area contributed by atoms with E-state index in [0.29, 0.717) is 18.4 Å². The average molecular weight is 332 g/mol. The number of hydrogen-bond acceptors (Lipinski definition) is 1. The Kier molecular flexibility index (Phi) is 5.49. The molecule has 0 heterocycles. The lowest BCUT2D eigenvalue weighted by Crippen LogP contribution is -2.46. The third kappa shape index (κ3) is 5.11. The molecule has 2 amide bonds. The molecule has 0 radical (unpaired) electrons. The average Bonchev–Trinajstić information content (AvgIpc) is 2.46. The fourth-order valence-electron chi connectivity index (χ4n) is 2.90. The summed E-state index contributed by atoms with van der Waals surface area (Å²) in [6, 6.07) is 4.36. The predicted octanol–water partition coefficient (Wildman–Crippen LogP) is 4.31. The SMILES string of the molecule is C[C@H](NC(=O)N[C@@H]1CCC[C@H](C(F)(F)F)C1)c1cccc(F)c1. The van der Waals surface area contributed by atoms with Crippen LogP contribution in [0.3, 0.4) is 0 Å². The van der Waals surface area contributed by atoms with Gasteiger partial charge in [0.1, 0.15) is 5.82 Å². The number of hydrogen-bond donors (Lipinski definition) is 2. The van der Waals surface area contributed by atoms with Gasteiger partial charge in [0.25, 0.3) is 0 Å². The van der Waals surface area contributed by atoms with E-state index in [1.54, 1.807) is 13.0 Å². The van der Waals surface area contributed by atoms with Gasteiger partial charge in [0.2, 0.25) is 0 Å². The molecular weight excluding hydrogens is 312 g/mol. The van der Waals surface area contributed by atoms with Crippen LogP contribution in [0.15, 0.2) is 24.3 Å². The van der Waals surface area contributed by atoms with Crippen molar-refractivity contribution < 1.29 is 22.4 Å². The summed E-state index contributed by atoms with van der Waals surface area (Å²) in [5.41, 5.74) is 0.594. The van der Waals surface area contributed by atoms with Gasteiger partial charge in [0.05, 0.1) is 12.0 Å². The van der Waals surface area contributed by atoms with E-state index in [4.69, 9.17) is 0 Å². The normalized spacial score (nSPS) is 23.2. The lowest BCUT2D eigenvalue weighted by atomic mass is 9.85. The Balaban J connectivity index is 1.87. The fourth-order valence-corrected chi connectivity index (χ4v) is 2.90. The van der Waals surface area contributed by atoms with E-state index in [-0.39, 0.29) is 12.8 Å². The Morgan fingerprint density at radius 2 is 2.04 bits per heavy atom. The monoisotopic (exact) mass is 332 g/mol. The van der Waals surface area contributed by atoms with E-state index in [0.717, 1.165) is 0 Å². The van der Waals surface area contributed by atoms with Gasteiger partial charge in [-0.05, 0) is 43.9 Å². The van der Waals surface area contributed by atoms with Crippen molar-refractivity contribution in [2.45, 2.75) is 50.9 Å². The van der Waals surface area contributed by atoms with Crippen LogP contribution in [0.2, 0.25) is 0 Å². The molecule has 2 N–H and O–H groups in total. The van der Waals surface area contributed by atoms with E-state index in [2.05, 4.69) is 10.6 Å². The van der Waals surface area contributed by atoms with Crippen molar-refractivity contribution in [3.63, 3.8) is 0 Å². The maximum absolute atomic E-state index is 13.2. The lowest BCUT2D eigenvalue weighted by molar-refractivity contribution is -0.183. The van der Waals surface area contributed by atoms with Gasteiger partial charge in [0.15, 0.2) is 0 Å². The second-order valence-electron chi connectivity index (χ2n) is 6.00. The molecule has 2 rings (SSSR count). The van der Waals surface area contributed by atoms with Gasteiger partial charge >= 0.3 is 12.2 Å². The number of nitrogens with one attached hydrogen (secondary N) is 2. The number of urea groups is 1. The molecule has 0 saturated heterocycles. The van der Waals surface area contributed by atoms with Gasteiger partial charge in [-0.1, -0.05) is 18.6 Å². The van der Waals surface area contributed by atoms with Crippen molar-refractivity contribution in [2.24, 2.45) is 5.92 Å². The minimum absolute atomic E-state index is 0.0920. The number of rotatable bonds is 3. The van der Waals surface area contributed by atoms with Gasteiger partial charge in [-0.15, -0.1) is 0 Å². The Morgan fingerprint density at radius 3 is 2.70 bits per heavy atom. The van der Waals surface area contributed by atoms with Crippen molar-refractivity contribution in [3.8, 4) is 0 Å². The number of benzene rings is 1. The molecule has 0 bridgehead atoms. The van der Waals surface area contributed by atoms with E-state index >= 15 is 0 Å². The largest absolute Gasteiger partial charge is 0.391 e. The zero-order valence-electron chi connectivity index (χ0n) is 12.8. The van der Waals surface area contributed by atoms with Crippen LogP contribution in [-0.4, -0.2) is 18.2 Å². The molecule has 0 aliphatic heterocycles. The first-order valence-electron chi connectivity index (χ1n) is 7.65. The molecule has 3 atom stereocenters. The first-order chi connectivity index (χ1) is 10.8. The number of carbonyl (C=O) groups excluding carboxylic acids is 1. The van der Waals surface area contributed by atoms with Crippen molar-refractivity contribution in [1.82, 2.24) is 10.6 Å². The highest BCUT2D eigenvalue weighted by Crippen LogP contribution is 2.37. The highest BCUT2D eigenvalue weighted by molar-refractivity contribution is 5.74. The van der Waals surface area contributed by atoms with Gasteiger partial charge in [-0.25, -0.2) is 9.18 Å². The number of alkyl halides is 3. The van der Waals surface area contributed by atoms with Crippen LogP contribution >= 0.6 is 0 Å². The smallest absolute Gasteiger partial charge is 0.335 e. The molecule has 1 aliphatic rings.